The molecular weight excluding hydrogens is 220 g/mol. The third-order valence-electron chi connectivity index (χ3n) is 2.16. The molecule has 0 bridgehead atoms. The average Bonchev–Trinajstić information content (AvgIpc) is 2.28. The SMILES string of the molecule is C#CC(C)(C)Nc1cc(OC)cc([N+](=O)[O-])c1. The number of rotatable bonds is 4. The molecule has 1 N–H and O–H groups in total. The summed E-state index contributed by atoms with van der Waals surface area (Å²) in [5.41, 5.74) is -0.0704. The molecule has 5 nitrogen and oxygen atoms in total. The Morgan fingerprint density at radius 2 is 2.12 bits per heavy atom. The second kappa shape index (κ2) is 4.74. The quantitative estimate of drug-likeness (QED) is 0.493. The van der Waals surface area contributed by atoms with Gasteiger partial charge in [0.2, 0.25) is 0 Å². The average molecular weight is 234 g/mol. The van der Waals surface area contributed by atoms with Gasteiger partial charge in [-0.2, -0.15) is 0 Å². The maximum atomic E-state index is 10.7. The molecule has 0 fully saturated rings. The Labute approximate surface area is 99.9 Å². The fourth-order valence-corrected chi connectivity index (χ4v) is 1.28. The number of methoxy groups -OCH3 is 1. The first-order valence-electron chi connectivity index (χ1n) is 4.97. The van der Waals surface area contributed by atoms with Crippen molar-refractivity contribution in [3.8, 4) is 18.1 Å². The molecule has 17 heavy (non-hydrogen) atoms. The van der Waals surface area contributed by atoms with Gasteiger partial charge < -0.3 is 10.1 Å². The minimum Gasteiger partial charge on any atom is -0.496 e. The van der Waals surface area contributed by atoms with E-state index in [2.05, 4.69) is 11.2 Å². The van der Waals surface area contributed by atoms with Crippen molar-refractivity contribution in [2.45, 2.75) is 19.4 Å². The standard InChI is InChI=1S/C12H14N2O3/c1-5-12(2,3)13-9-6-10(14(15)16)8-11(7-9)17-4/h1,6-8,13H,2-4H3. The van der Waals surface area contributed by atoms with Crippen LogP contribution in [0.25, 0.3) is 0 Å². The first kappa shape index (κ1) is 12.8. The zero-order valence-electron chi connectivity index (χ0n) is 9.98. The first-order chi connectivity index (χ1) is 7.88. The number of anilines is 1. The number of benzene rings is 1. The predicted molar refractivity (Wildman–Crippen MR) is 66.2 cm³/mol. The number of nitro groups is 1. The van der Waals surface area contributed by atoms with Gasteiger partial charge in [-0.1, -0.05) is 5.92 Å². The van der Waals surface area contributed by atoms with Crippen molar-refractivity contribution in [3.05, 3.63) is 28.3 Å². The van der Waals surface area contributed by atoms with Crippen molar-refractivity contribution < 1.29 is 9.66 Å². The summed E-state index contributed by atoms with van der Waals surface area (Å²) in [6, 6.07) is 4.43. The van der Waals surface area contributed by atoms with Crippen LogP contribution in [0.4, 0.5) is 11.4 Å². The Kier molecular flexibility index (Phi) is 3.59. The molecule has 0 unspecified atom stereocenters. The maximum absolute atomic E-state index is 10.7. The number of hydrogen-bond acceptors (Lipinski definition) is 4. The molecule has 0 amide bonds. The van der Waals surface area contributed by atoms with Gasteiger partial charge in [0.15, 0.2) is 0 Å². The number of non-ortho nitro benzene ring substituents is 1. The molecule has 1 aromatic carbocycles. The third-order valence-corrected chi connectivity index (χ3v) is 2.16. The van der Waals surface area contributed by atoms with Crippen LogP contribution < -0.4 is 10.1 Å². The highest BCUT2D eigenvalue weighted by atomic mass is 16.6. The van der Waals surface area contributed by atoms with Crippen LogP contribution in [0.2, 0.25) is 0 Å². The minimum absolute atomic E-state index is 0.0420. The highest BCUT2D eigenvalue weighted by Gasteiger charge is 2.16. The molecule has 1 aromatic rings. The summed E-state index contributed by atoms with van der Waals surface area (Å²) < 4.78 is 5.00. The van der Waals surface area contributed by atoms with E-state index in [0.717, 1.165) is 0 Å². The molecule has 90 valence electrons. The summed E-state index contributed by atoms with van der Waals surface area (Å²) in [5, 5.41) is 13.8. The van der Waals surface area contributed by atoms with Gasteiger partial charge in [-0.25, -0.2) is 0 Å². The molecule has 1 rings (SSSR count). The lowest BCUT2D eigenvalue weighted by Crippen LogP contribution is -2.28. The summed E-state index contributed by atoms with van der Waals surface area (Å²) in [4.78, 5) is 10.3. The van der Waals surface area contributed by atoms with E-state index >= 15 is 0 Å². The molecular formula is C12H14N2O3. The number of terminal acetylenes is 1. The van der Waals surface area contributed by atoms with Gasteiger partial charge in [0, 0.05) is 17.8 Å². The number of nitrogens with one attached hydrogen (secondary N) is 1. The molecule has 0 saturated carbocycles. The van der Waals surface area contributed by atoms with E-state index in [-0.39, 0.29) is 5.69 Å². The lowest BCUT2D eigenvalue weighted by Gasteiger charge is -2.21. The van der Waals surface area contributed by atoms with Gasteiger partial charge in [-0.15, -0.1) is 6.42 Å². The van der Waals surface area contributed by atoms with Gasteiger partial charge in [0.05, 0.1) is 23.6 Å². The molecule has 0 heterocycles. The molecule has 0 atom stereocenters. The lowest BCUT2D eigenvalue weighted by atomic mass is 10.1. The van der Waals surface area contributed by atoms with Gasteiger partial charge in [0.25, 0.3) is 5.69 Å². The predicted octanol–water partition coefficient (Wildman–Crippen LogP) is 2.43. The van der Waals surface area contributed by atoms with Crippen LogP contribution in [0.3, 0.4) is 0 Å². The van der Waals surface area contributed by atoms with E-state index in [9.17, 15) is 10.1 Å². The Balaban J connectivity index is 3.12. The number of nitro benzene ring substituents is 1. The van der Waals surface area contributed by atoms with E-state index in [4.69, 9.17) is 11.2 Å². The van der Waals surface area contributed by atoms with Gasteiger partial charge in [0.1, 0.15) is 5.75 Å². The topological polar surface area (TPSA) is 64.4 Å². The van der Waals surface area contributed by atoms with Crippen molar-refractivity contribution in [3.63, 3.8) is 0 Å². The Morgan fingerprint density at radius 3 is 2.59 bits per heavy atom. The van der Waals surface area contributed by atoms with Gasteiger partial charge >= 0.3 is 0 Å². The molecule has 0 aliphatic rings. The fourth-order valence-electron chi connectivity index (χ4n) is 1.28. The summed E-state index contributed by atoms with van der Waals surface area (Å²) in [5.74, 6) is 2.97. The second-order valence-electron chi connectivity index (χ2n) is 4.07. The normalized spacial score (nSPS) is 10.5. The summed E-state index contributed by atoms with van der Waals surface area (Å²) in [6.07, 6.45) is 5.34. The van der Waals surface area contributed by atoms with Crippen molar-refractivity contribution in [1.82, 2.24) is 0 Å². The van der Waals surface area contributed by atoms with E-state index in [0.29, 0.717) is 11.4 Å². The van der Waals surface area contributed by atoms with Gasteiger partial charge in [-0.3, -0.25) is 10.1 Å². The molecule has 0 saturated heterocycles. The summed E-state index contributed by atoms with van der Waals surface area (Å²) in [7, 11) is 1.45. The minimum atomic E-state index is -0.583. The van der Waals surface area contributed by atoms with Gasteiger partial charge in [-0.05, 0) is 13.8 Å². The number of nitrogens with zero attached hydrogens (tertiary/aromatic N) is 1. The van der Waals surface area contributed by atoms with Crippen molar-refractivity contribution >= 4 is 11.4 Å². The monoisotopic (exact) mass is 234 g/mol. The Bertz CT molecular complexity index is 475. The van der Waals surface area contributed by atoms with Crippen LogP contribution in [0.15, 0.2) is 18.2 Å². The van der Waals surface area contributed by atoms with E-state index in [1.165, 1.54) is 19.2 Å². The van der Waals surface area contributed by atoms with E-state index in [1.807, 2.05) is 0 Å². The molecule has 0 radical (unpaired) electrons. The number of ether oxygens (including phenoxy) is 1. The zero-order valence-corrected chi connectivity index (χ0v) is 9.98. The molecule has 0 spiro atoms. The van der Waals surface area contributed by atoms with Crippen LogP contribution >= 0.6 is 0 Å². The molecule has 0 aliphatic heterocycles. The van der Waals surface area contributed by atoms with Crippen LogP contribution in [0, 0.1) is 22.5 Å². The third kappa shape index (κ3) is 3.38. The summed E-state index contributed by atoms with van der Waals surface area (Å²) >= 11 is 0. The van der Waals surface area contributed by atoms with Crippen molar-refractivity contribution in [2.24, 2.45) is 0 Å². The Hall–Kier alpha value is -2.22. The fraction of sp³-hybridized carbons (Fsp3) is 0.333. The van der Waals surface area contributed by atoms with Crippen LogP contribution in [-0.2, 0) is 0 Å². The maximum Gasteiger partial charge on any atom is 0.275 e. The van der Waals surface area contributed by atoms with E-state index < -0.39 is 10.5 Å². The van der Waals surface area contributed by atoms with E-state index in [1.54, 1.807) is 19.9 Å². The molecule has 0 aliphatic carbocycles. The molecule has 5 heteroatoms. The molecule has 0 aromatic heterocycles. The smallest absolute Gasteiger partial charge is 0.275 e. The van der Waals surface area contributed by atoms with Crippen LogP contribution in [0.5, 0.6) is 5.75 Å². The van der Waals surface area contributed by atoms with Crippen LogP contribution in [0.1, 0.15) is 13.8 Å². The number of hydrogen-bond donors (Lipinski definition) is 1. The zero-order chi connectivity index (χ0) is 13.1. The van der Waals surface area contributed by atoms with Crippen molar-refractivity contribution in [2.75, 3.05) is 12.4 Å². The lowest BCUT2D eigenvalue weighted by molar-refractivity contribution is -0.384. The van der Waals surface area contributed by atoms with Crippen LogP contribution in [-0.4, -0.2) is 17.6 Å². The Morgan fingerprint density at radius 1 is 1.47 bits per heavy atom. The highest BCUT2D eigenvalue weighted by molar-refractivity contribution is 5.58. The largest absolute Gasteiger partial charge is 0.496 e. The highest BCUT2D eigenvalue weighted by Crippen LogP contribution is 2.27. The first-order valence-corrected chi connectivity index (χ1v) is 4.97. The summed E-state index contributed by atoms with van der Waals surface area (Å²) in [6.45, 7) is 3.61. The second-order valence-corrected chi connectivity index (χ2v) is 4.07. The van der Waals surface area contributed by atoms with Crippen molar-refractivity contribution in [1.29, 1.82) is 0 Å².